The Morgan fingerprint density at radius 1 is 1.15 bits per heavy atom. The van der Waals surface area contributed by atoms with Gasteiger partial charge in [0.05, 0.1) is 6.54 Å². The van der Waals surface area contributed by atoms with Crippen LogP contribution in [0.1, 0.15) is 27.7 Å². The van der Waals surface area contributed by atoms with Gasteiger partial charge in [-0.2, -0.15) is 0 Å². The van der Waals surface area contributed by atoms with Gasteiger partial charge in [0.1, 0.15) is 5.78 Å². The van der Waals surface area contributed by atoms with Gasteiger partial charge in [0.2, 0.25) is 0 Å². The van der Waals surface area contributed by atoms with Crippen molar-refractivity contribution >= 4 is 11.5 Å². The molecule has 0 unspecified atom stereocenters. The standard InChI is InChI=1S/C10H20N2O/c1-7(2)9(11)5-12-6-10(13)8(3)4/h7-8,11-12H,5-6H2,1-4H3. The van der Waals surface area contributed by atoms with Crippen molar-refractivity contribution in [3.8, 4) is 0 Å². The molecule has 0 aliphatic carbocycles. The minimum atomic E-state index is 0.0840. The minimum Gasteiger partial charge on any atom is -0.308 e. The number of carbonyl (C=O) groups excluding carboxylic acids is 1. The van der Waals surface area contributed by atoms with Gasteiger partial charge in [-0.05, 0) is 5.92 Å². The summed E-state index contributed by atoms with van der Waals surface area (Å²) in [6.45, 7) is 8.64. The van der Waals surface area contributed by atoms with E-state index in [2.05, 4.69) is 5.32 Å². The zero-order valence-corrected chi connectivity index (χ0v) is 8.98. The second-order valence-corrected chi connectivity index (χ2v) is 3.90. The SMILES string of the molecule is CC(C)C(=N)CNCC(=O)C(C)C. The number of hydrogen-bond donors (Lipinski definition) is 2. The van der Waals surface area contributed by atoms with Crippen LogP contribution in [0.2, 0.25) is 0 Å². The maximum Gasteiger partial charge on any atom is 0.149 e. The molecule has 3 heteroatoms. The molecule has 0 aromatic heterocycles. The molecule has 2 N–H and O–H groups in total. The van der Waals surface area contributed by atoms with Gasteiger partial charge in [0.15, 0.2) is 0 Å². The van der Waals surface area contributed by atoms with Crippen LogP contribution < -0.4 is 5.32 Å². The Morgan fingerprint density at radius 3 is 2.08 bits per heavy atom. The summed E-state index contributed by atoms with van der Waals surface area (Å²) >= 11 is 0. The summed E-state index contributed by atoms with van der Waals surface area (Å²) in [6, 6.07) is 0. The highest BCUT2D eigenvalue weighted by Crippen LogP contribution is 1.94. The fourth-order valence-corrected chi connectivity index (χ4v) is 0.729. The van der Waals surface area contributed by atoms with Crippen molar-refractivity contribution in [2.24, 2.45) is 11.8 Å². The van der Waals surface area contributed by atoms with Crippen LogP contribution in [0.25, 0.3) is 0 Å². The molecule has 0 fully saturated rings. The Balaban J connectivity index is 3.57. The van der Waals surface area contributed by atoms with Crippen molar-refractivity contribution < 1.29 is 4.79 Å². The topological polar surface area (TPSA) is 53.0 Å². The molecule has 0 atom stereocenters. The smallest absolute Gasteiger partial charge is 0.149 e. The molecule has 0 aromatic rings. The van der Waals surface area contributed by atoms with Crippen molar-refractivity contribution in [2.75, 3.05) is 13.1 Å². The molecule has 0 aromatic carbocycles. The molecule has 0 bridgehead atoms. The van der Waals surface area contributed by atoms with Crippen LogP contribution in [0.15, 0.2) is 0 Å². The van der Waals surface area contributed by atoms with Crippen LogP contribution in [0.5, 0.6) is 0 Å². The summed E-state index contributed by atoms with van der Waals surface area (Å²) in [5.74, 6) is 0.555. The molecule has 0 saturated carbocycles. The van der Waals surface area contributed by atoms with Gasteiger partial charge in [-0.25, -0.2) is 0 Å². The van der Waals surface area contributed by atoms with Crippen molar-refractivity contribution in [2.45, 2.75) is 27.7 Å². The number of ketones is 1. The molecule has 0 aliphatic rings. The van der Waals surface area contributed by atoms with Gasteiger partial charge >= 0.3 is 0 Å². The first kappa shape index (κ1) is 12.3. The first-order valence-electron chi connectivity index (χ1n) is 4.76. The summed E-state index contributed by atoms with van der Waals surface area (Å²) in [5, 5.41) is 10.5. The summed E-state index contributed by atoms with van der Waals surface area (Å²) < 4.78 is 0. The molecular formula is C10H20N2O. The van der Waals surface area contributed by atoms with Gasteiger partial charge in [-0.1, -0.05) is 27.7 Å². The predicted molar refractivity (Wildman–Crippen MR) is 55.3 cm³/mol. The molecule has 0 radical (unpaired) electrons. The average Bonchev–Trinajstić information content (AvgIpc) is 2.03. The van der Waals surface area contributed by atoms with Crippen LogP contribution in [-0.2, 0) is 4.79 Å². The lowest BCUT2D eigenvalue weighted by Gasteiger charge is -2.09. The summed E-state index contributed by atoms with van der Waals surface area (Å²) in [6.07, 6.45) is 0. The Hall–Kier alpha value is -0.700. The van der Waals surface area contributed by atoms with E-state index in [0.29, 0.717) is 18.8 Å². The van der Waals surface area contributed by atoms with E-state index >= 15 is 0 Å². The van der Waals surface area contributed by atoms with Gasteiger partial charge < -0.3 is 10.7 Å². The lowest BCUT2D eigenvalue weighted by Crippen LogP contribution is -2.32. The van der Waals surface area contributed by atoms with E-state index < -0.39 is 0 Å². The Kier molecular flexibility index (Phi) is 5.55. The third-order valence-electron chi connectivity index (χ3n) is 1.96. The predicted octanol–water partition coefficient (Wildman–Crippen LogP) is 1.48. The highest BCUT2D eigenvalue weighted by molar-refractivity contribution is 5.86. The fourth-order valence-electron chi connectivity index (χ4n) is 0.729. The highest BCUT2D eigenvalue weighted by atomic mass is 16.1. The molecule has 0 heterocycles. The van der Waals surface area contributed by atoms with E-state index in [1.54, 1.807) is 0 Å². The maximum atomic E-state index is 11.2. The number of Topliss-reactive ketones (excluding diaryl/α,β-unsaturated/α-hetero) is 1. The average molecular weight is 184 g/mol. The highest BCUT2D eigenvalue weighted by Gasteiger charge is 2.07. The van der Waals surface area contributed by atoms with Crippen molar-refractivity contribution in [3.05, 3.63) is 0 Å². The maximum absolute atomic E-state index is 11.2. The van der Waals surface area contributed by atoms with Crippen molar-refractivity contribution in [1.82, 2.24) is 5.32 Å². The second-order valence-electron chi connectivity index (χ2n) is 3.90. The van der Waals surface area contributed by atoms with E-state index in [0.717, 1.165) is 0 Å². The van der Waals surface area contributed by atoms with Crippen LogP contribution in [0, 0.1) is 17.2 Å². The molecule has 0 spiro atoms. The molecule has 76 valence electrons. The molecule has 13 heavy (non-hydrogen) atoms. The van der Waals surface area contributed by atoms with Crippen LogP contribution in [0.3, 0.4) is 0 Å². The molecule has 0 saturated heterocycles. The lowest BCUT2D eigenvalue weighted by molar-refractivity contribution is -0.120. The number of nitrogens with one attached hydrogen (secondary N) is 2. The number of carbonyl (C=O) groups is 1. The van der Waals surface area contributed by atoms with Gasteiger partial charge in [-0.3, -0.25) is 4.79 Å². The Labute approximate surface area is 80.4 Å². The van der Waals surface area contributed by atoms with Crippen molar-refractivity contribution in [1.29, 1.82) is 5.41 Å². The molecule has 0 aliphatic heterocycles. The summed E-state index contributed by atoms with van der Waals surface area (Å²) in [5.41, 5.74) is 0.650. The van der Waals surface area contributed by atoms with E-state index in [-0.39, 0.29) is 17.6 Å². The van der Waals surface area contributed by atoms with E-state index in [1.165, 1.54) is 0 Å². The van der Waals surface area contributed by atoms with E-state index in [1.807, 2.05) is 27.7 Å². The largest absolute Gasteiger partial charge is 0.308 e. The Bertz CT molecular complexity index is 165. The lowest BCUT2D eigenvalue weighted by atomic mass is 10.1. The quantitative estimate of drug-likeness (QED) is 0.614. The first-order valence-corrected chi connectivity index (χ1v) is 4.76. The normalized spacial score (nSPS) is 10.9. The number of hydrogen-bond acceptors (Lipinski definition) is 3. The second kappa shape index (κ2) is 5.86. The number of rotatable bonds is 6. The Morgan fingerprint density at radius 2 is 1.69 bits per heavy atom. The van der Waals surface area contributed by atoms with Gasteiger partial charge in [0.25, 0.3) is 0 Å². The van der Waals surface area contributed by atoms with Crippen molar-refractivity contribution in [3.63, 3.8) is 0 Å². The fraction of sp³-hybridized carbons (Fsp3) is 0.800. The van der Waals surface area contributed by atoms with Crippen LogP contribution in [0.4, 0.5) is 0 Å². The monoisotopic (exact) mass is 184 g/mol. The van der Waals surface area contributed by atoms with Gasteiger partial charge in [-0.15, -0.1) is 0 Å². The summed E-state index contributed by atoms with van der Waals surface area (Å²) in [7, 11) is 0. The van der Waals surface area contributed by atoms with E-state index in [9.17, 15) is 4.79 Å². The molecule has 0 amide bonds. The molecule has 0 rings (SSSR count). The zero-order valence-electron chi connectivity index (χ0n) is 8.98. The first-order chi connectivity index (χ1) is 5.95. The van der Waals surface area contributed by atoms with Crippen LogP contribution in [-0.4, -0.2) is 24.6 Å². The third kappa shape index (κ3) is 5.53. The van der Waals surface area contributed by atoms with Gasteiger partial charge in [0, 0.05) is 18.2 Å². The minimum absolute atomic E-state index is 0.0840. The summed E-state index contributed by atoms with van der Waals surface area (Å²) in [4.78, 5) is 11.2. The third-order valence-corrected chi connectivity index (χ3v) is 1.96. The molecular weight excluding hydrogens is 164 g/mol. The van der Waals surface area contributed by atoms with Crippen LogP contribution >= 0.6 is 0 Å². The molecule has 3 nitrogen and oxygen atoms in total. The van der Waals surface area contributed by atoms with E-state index in [4.69, 9.17) is 5.41 Å². The zero-order chi connectivity index (χ0) is 10.4.